The van der Waals surface area contributed by atoms with Gasteiger partial charge in [-0.1, -0.05) is 29.3 Å². The molecular formula is C14H11Cl2NO3. The molecule has 0 aliphatic carbocycles. The van der Waals surface area contributed by atoms with Crippen molar-refractivity contribution < 1.29 is 9.90 Å². The number of carboxylic acid groups (broad SMARTS) is 1. The number of aromatic nitrogens is 1. The lowest BCUT2D eigenvalue weighted by Crippen LogP contribution is -2.26. The molecule has 4 nitrogen and oxygen atoms in total. The summed E-state index contributed by atoms with van der Waals surface area (Å²) < 4.78 is 1.39. The van der Waals surface area contributed by atoms with Crippen molar-refractivity contribution in [1.29, 1.82) is 0 Å². The van der Waals surface area contributed by atoms with E-state index in [9.17, 15) is 9.59 Å². The molecule has 0 unspecified atom stereocenters. The lowest BCUT2D eigenvalue weighted by Gasteiger charge is -2.12. The normalized spacial score (nSPS) is 10.6. The van der Waals surface area contributed by atoms with Crippen molar-refractivity contribution >= 4 is 29.2 Å². The van der Waals surface area contributed by atoms with Gasteiger partial charge in [0.05, 0.1) is 15.7 Å². The summed E-state index contributed by atoms with van der Waals surface area (Å²) >= 11 is 11.8. The van der Waals surface area contributed by atoms with Crippen LogP contribution in [0.4, 0.5) is 0 Å². The fraction of sp³-hybridized carbons (Fsp3) is 0.143. The predicted molar refractivity (Wildman–Crippen MR) is 78.8 cm³/mol. The molecule has 0 amide bonds. The first kappa shape index (κ1) is 14.6. The summed E-state index contributed by atoms with van der Waals surface area (Å²) in [6, 6.07) is 7.90. The van der Waals surface area contributed by atoms with Gasteiger partial charge in [-0.25, -0.2) is 4.79 Å². The summed E-state index contributed by atoms with van der Waals surface area (Å²) in [7, 11) is 0. The number of halogens is 2. The maximum atomic E-state index is 12.1. The summed E-state index contributed by atoms with van der Waals surface area (Å²) in [5.41, 5.74) is 0.510. The third kappa shape index (κ3) is 2.57. The molecule has 2 rings (SSSR count). The number of carbonyl (C=O) groups is 1. The molecule has 0 aliphatic heterocycles. The van der Waals surface area contributed by atoms with Crippen LogP contribution >= 0.6 is 23.2 Å². The SMILES string of the molecule is CCn1c(-c2ccc(Cl)c(Cl)c2)ccc(C(=O)O)c1=O. The van der Waals surface area contributed by atoms with E-state index in [1.165, 1.54) is 10.6 Å². The van der Waals surface area contributed by atoms with Crippen LogP contribution in [0.5, 0.6) is 0 Å². The van der Waals surface area contributed by atoms with Crippen molar-refractivity contribution in [2.24, 2.45) is 0 Å². The Kier molecular flexibility index (Phi) is 4.16. The summed E-state index contributed by atoms with van der Waals surface area (Å²) in [5, 5.41) is 9.77. The smallest absolute Gasteiger partial charge is 0.341 e. The summed E-state index contributed by atoms with van der Waals surface area (Å²) in [6.45, 7) is 2.13. The molecule has 1 aromatic carbocycles. The molecule has 0 spiro atoms. The molecule has 0 saturated carbocycles. The van der Waals surface area contributed by atoms with E-state index in [-0.39, 0.29) is 5.56 Å². The molecule has 0 fully saturated rings. The zero-order chi connectivity index (χ0) is 14.9. The van der Waals surface area contributed by atoms with Crippen LogP contribution in [0.15, 0.2) is 35.1 Å². The van der Waals surface area contributed by atoms with E-state index >= 15 is 0 Å². The Morgan fingerprint density at radius 2 is 1.90 bits per heavy atom. The maximum absolute atomic E-state index is 12.1. The van der Waals surface area contributed by atoms with Crippen LogP contribution in [-0.2, 0) is 6.54 Å². The largest absolute Gasteiger partial charge is 0.477 e. The van der Waals surface area contributed by atoms with Gasteiger partial charge in [-0.15, -0.1) is 0 Å². The Morgan fingerprint density at radius 3 is 2.45 bits per heavy atom. The highest BCUT2D eigenvalue weighted by Gasteiger charge is 2.14. The average Bonchev–Trinajstić information content (AvgIpc) is 2.41. The van der Waals surface area contributed by atoms with E-state index in [0.717, 1.165) is 0 Å². The van der Waals surface area contributed by atoms with Crippen LogP contribution in [0.25, 0.3) is 11.3 Å². The number of hydrogen-bond donors (Lipinski definition) is 1. The molecule has 0 aliphatic rings. The quantitative estimate of drug-likeness (QED) is 0.943. The van der Waals surface area contributed by atoms with Crippen LogP contribution in [0.1, 0.15) is 17.3 Å². The predicted octanol–water partition coefficient (Wildman–Crippen LogP) is 3.54. The van der Waals surface area contributed by atoms with Crippen LogP contribution in [0.2, 0.25) is 10.0 Å². The third-order valence-electron chi connectivity index (χ3n) is 2.94. The first-order chi connectivity index (χ1) is 9.45. The average molecular weight is 312 g/mol. The second-order valence-corrected chi connectivity index (χ2v) is 4.93. The zero-order valence-electron chi connectivity index (χ0n) is 10.6. The first-order valence-corrected chi connectivity index (χ1v) is 6.64. The molecule has 6 heteroatoms. The van der Waals surface area contributed by atoms with Crippen molar-refractivity contribution in [1.82, 2.24) is 4.57 Å². The van der Waals surface area contributed by atoms with E-state index < -0.39 is 11.5 Å². The van der Waals surface area contributed by atoms with Gasteiger partial charge in [0.15, 0.2) is 0 Å². The highest BCUT2D eigenvalue weighted by Crippen LogP contribution is 2.28. The van der Waals surface area contributed by atoms with Crippen molar-refractivity contribution in [2.75, 3.05) is 0 Å². The van der Waals surface area contributed by atoms with Gasteiger partial charge < -0.3 is 9.67 Å². The van der Waals surface area contributed by atoms with Crippen molar-refractivity contribution in [3.8, 4) is 11.3 Å². The first-order valence-electron chi connectivity index (χ1n) is 5.88. The Hall–Kier alpha value is -1.78. The monoisotopic (exact) mass is 311 g/mol. The molecule has 0 bridgehead atoms. The molecule has 0 saturated heterocycles. The summed E-state index contributed by atoms with van der Waals surface area (Å²) in [6.07, 6.45) is 0. The molecule has 0 atom stereocenters. The minimum atomic E-state index is -1.24. The van der Waals surface area contributed by atoms with Crippen LogP contribution in [0.3, 0.4) is 0 Å². The number of pyridine rings is 1. The van der Waals surface area contributed by atoms with Gasteiger partial charge in [0.2, 0.25) is 0 Å². The molecule has 1 aromatic heterocycles. The molecule has 1 N–H and O–H groups in total. The second-order valence-electron chi connectivity index (χ2n) is 4.12. The number of carboxylic acids is 1. The minimum Gasteiger partial charge on any atom is -0.477 e. The Labute approximate surface area is 125 Å². The number of rotatable bonds is 3. The lowest BCUT2D eigenvalue weighted by molar-refractivity contribution is 0.0694. The van der Waals surface area contributed by atoms with Gasteiger partial charge in [-0.3, -0.25) is 4.79 Å². The van der Waals surface area contributed by atoms with Gasteiger partial charge in [0, 0.05) is 6.54 Å². The zero-order valence-corrected chi connectivity index (χ0v) is 12.1. The number of benzene rings is 1. The second kappa shape index (κ2) is 5.69. The van der Waals surface area contributed by atoms with Gasteiger partial charge in [0.1, 0.15) is 5.56 Å². The topological polar surface area (TPSA) is 59.3 Å². The van der Waals surface area contributed by atoms with Gasteiger partial charge >= 0.3 is 5.97 Å². The summed E-state index contributed by atoms with van der Waals surface area (Å²) in [4.78, 5) is 23.1. The van der Waals surface area contributed by atoms with E-state index in [4.69, 9.17) is 28.3 Å². The third-order valence-corrected chi connectivity index (χ3v) is 3.68. The van der Waals surface area contributed by atoms with Gasteiger partial charge in [-0.05, 0) is 36.8 Å². The number of aromatic carboxylic acids is 1. The maximum Gasteiger partial charge on any atom is 0.341 e. The van der Waals surface area contributed by atoms with Crippen LogP contribution in [0, 0.1) is 0 Å². The fourth-order valence-corrected chi connectivity index (χ4v) is 2.26. The number of hydrogen-bond acceptors (Lipinski definition) is 2. The van der Waals surface area contributed by atoms with E-state index in [1.54, 1.807) is 31.2 Å². The lowest BCUT2D eigenvalue weighted by atomic mass is 10.1. The molecule has 20 heavy (non-hydrogen) atoms. The molecular weight excluding hydrogens is 301 g/mol. The van der Waals surface area contributed by atoms with Gasteiger partial charge in [0.25, 0.3) is 5.56 Å². The van der Waals surface area contributed by atoms with Crippen molar-refractivity contribution in [2.45, 2.75) is 13.5 Å². The highest BCUT2D eigenvalue weighted by atomic mass is 35.5. The van der Waals surface area contributed by atoms with Crippen molar-refractivity contribution in [3.63, 3.8) is 0 Å². The Morgan fingerprint density at radius 1 is 1.20 bits per heavy atom. The summed E-state index contributed by atoms with van der Waals surface area (Å²) in [5.74, 6) is -1.24. The number of nitrogens with zero attached hydrogens (tertiary/aromatic N) is 1. The molecule has 1 heterocycles. The fourth-order valence-electron chi connectivity index (χ4n) is 1.96. The van der Waals surface area contributed by atoms with E-state index in [2.05, 4.69) is 0 Å². The highest BCUT2D eigenvalue weighted by molar-refractivity contribution is 6.42. The van der Waals surface area contributed by atoms with Crippen molar-refractivity contribution in [3.05, 3.63) is 56.3 Å². The van der Waals surface area contributed by atoms with Gasteiger partial charge in [-0.2, -0.15) is 0 Å². The molecule has 104 valence electrons. The van der Waals surface area contributed by atoms with E-state index in [0.29, 0.717) is 27.8 Å². The van der Waals surface area contributed by atoms with Crippen LogP contribution < -0.4 is 5.56 Å². The van der Waals surface area contributed by atoms with E-state index in [1.807, 2.05) is 0 Å². The Bertz CT molecular complexity index is 738. The standard InChI is InChI=1S/C14H11Cl2NO3/c1-2-17-12(6-4-9(13(17)18)14(19)20)8-3-5-10(15)11(16)7-8/h3-7H,2H2,1H3,(H,19,20). The molecule has 2 aromatic rings. The van der Waals surface area contributed by atoms with Crippen LogP contribution in [-0.4, -0.2) is 15.6 Å². The Balaban J connectivity index is 2.68. The molecule has 0 radical (unpaired) electrons. The minimum absolute atomic E-state index is 0.254.